The van der Waals surface area contributed by atoms with Gasteiger partial charge in [0.05, 0.1) is 11.3 Å². The Balaban J connectivity index is 1.52. The van der Waals surface area contributed by atoms with Crippen LogP contribution in [0.2, 0.25) is 5.02 Å². The fraction of sp³-hybridized carbons (Fsp3) is 0.370. The second-order valence-corrected chi connectivity index (χ2v) is 10.4. The van der Waals surface area contributed by atoms with Gasteiger partial charge in [0.15, 0.2) is 11.9 Å². The zero-order valence-corrected chi connectivity index (χ0v) is 23.7. The van der Waals surface area contributed by atoms with Crippen molar-refractivity contribution < 1.29 is 32.4 Å². The molecule has 4 N–H and O–H groups in total. The van der Waals surface area contributed by atoms with E-state index in [1.54, 1.807) is 29.2 Å². The first kappa shape index (κ1) is 30.9. The van der Waals surface area contributed by atoms with Crippen LogP contribution in [0.3, 0.4) is 0 Å². The number of halogens is 4. The Morgan fingerprint density at radius 1 is 1.19 bits per heavy atom. The van der Waals surface area contributed by atoms with E-state index in [-0.39, 0.29) is 35.7 Å². The minimum absolute atomic E-state index is 0.125. The number of aromatic nitrogens is 3. The van der Waals surface area contributed by atoms with Crippen LogP contribution in [0.4, 0.5) is 18.0 Å². The van der Waals surface area contributed by atoms with E-state index in [1.165, 1.54) is 35.3 Å². The molecule has 11 nitrogen and oxygen atoms in total. The highest BCUT2D eigenvalue weighted by Gasteiger charge is 2.41. The Hall–Kier alpha value is -4.01. The fourth-order valence-electron chi connectivity index (χ4n) is 4.35. The summed E-state index contributed by atoms with van der Waals surface area (Å²) in [5, 5.41) is 16.8. The molecule has 2 aromatic carbocycles. The monoisotopic (exact) mass is 607 g/mol. The number of nitrogens with one attached hydrogen (secondary N) is 1. The number of nitrogens with zero attached hydrogens (tertiary/aromatic N) is 6. The molecule has 1 saturated heterocycles. The first-order chi connectivity index (χ1) is 19.8. The third-order valence-corrected chi connectivity index (χ3v) is 7.23. The van der Waals surface area contributed by atoms with Crippen molar-refractivity contribution in [2.24, 2.45) is 5.73 Å². The summed E-state index contributed by atoms with van der Waals surface area (Å²) in [5.74, 6) is -0.347. The number of aliphatic hydroxyl groups excluding tert-OH is 1. The molecule has 0 bridgehead atoms. The quantitative estimate of drug-likeness (QED) is 0.213. The van der Waals surface area contributed by atoms with Crippen LogP contribution in [0.25, 0.3) is 5.69 Å². The molecular weight excluding hydrogens is 577 g/mol. The third kappa shape index (κ3) is 7.24. The van der Waals surface area contributed by atoms with E-state index in [1.807, 2.05) is 7.05 Å². The first-order valence-corrected chi connectivity index (χ1v) is 13.4. The molecule has 0 radical (unpaired) electrons. The standard InChI is InChI=1S/C27H30ClF3N8O3/c1-17-14-37(12-11-36(17)2)25(41)20-5-3-4-6-21(20)39-16-34-23(35-39)13-33-26(42)38(15-22(40)27(29,30)31)24(32)18-7-9-19(28)10-8-18/h3-10,16-17,22,32,40H,11-15H2,1-2H3,(H,33,42)/p+1/t17?,22-/m0/s1. The number of likely N-dealkylation sites (N-methyl/N-ethyl adjacent to an activating group) is 1. The molecule has 1 aliphatic heterocycles. The van der Waals surface area contributed by atoms with Crippen molar-refractivity contribution >= 4 is 29.4 Å². The highest BCUT2D eigenvalue weighted by molar-refractivity contribution is 6.30. The molecule has 1 fully saturated rings. The average Bonchev–Trinajstić information content (AvgIpc) is 3.44. The normalized spacial score (nSPS) is 17.5. The van der Waals surface area contributed by atoms with Crippen LogP contribution in [0.15, 0.2) is 54.9 Å². The van der Waals surface area contributed by atoms with Gasteiger partial charge in [-0.25, -0.2) is 14.5 Å². The highest BCUT2D eigenvalue weighted by Crippen LogP contribution is 2.21. The molecule has 1 aromatic heterocycles. The number of nitrogens with two attached hydrogens (primary N) is 1. The third-order valence-electron chi connectivity index (χ3n) is 6.97. The topological polar surface area (TPSA) is 133 Å². The lowest BCUT2D eigenvalue weighted by molar-refractivity contribution is -0.455. The Labute approximate surface area is 245 Å². The molecule has 0 saturated carbocycles. The molecule has 42 heavy (non-hydrogen) atoms. The minimum atomic E-state index is -4.98. The summed E-state index contributed by atoms with van der Waals surface area (Å²) >= 11 is 5.87. The number of rotatable bonds is 7. The van der Waals surface area contributed by atoms with Crippen LogP contribution < -0.4 is 11.1 Å². The summed E-state index contributed by atoms with van der Waals surface area (Å²) < 4.78 is 41.4. The van der Waals surface area contributed by atoms with Gasteiger partial charge in [-0.05, 0) is 50.4 Å². The lowest BCUT2D eigenvalue weighted by atomic mass is 10.1. The van der Waals surface area contributed by atoms with Crippen LogP contribution >= 0.6 is 11.6 Å². The first-order valence-electron chi connectivity index (χ1n) is 13.0. The van der Waals surface area contributed by atoms with E-state index in [2.05, 4.69) is 27.2 Å². The van der Waals surface area contributed by atoms with Crippen molar-refractivity contribution in [3.63, 3.8) is 0 Å². The maximum absolute atomic E-state index is 13.4. The van der Waals surface area contributed by atoms with Gasteiger partial charge in [-0.3, -0.25) is 10.1 Å². The van der Waals surface area contributed by atoms with Gasteiger partial charge in [0.25, 0.3) is 5.91 Å². The van der Waals surface area contributed by atoms with Gasteiger partial charge in [0.2, 0.25) is 5.84 Å². The molecule has 3 aromatic rings. The summed E-state index contributed by atoms with van der Waals surface area (Å²) in [4.78, 5) is 34.5. The van der Waals surface area contributed by atoms with Crippen LogP contribution in [0.5, 0.6) is 0 Å². The van der Waals surface area contributed by atoms with Gasteiger partial charge in [-0.2, -0.15) is 17.7 Å². The van der Waals surface area contributed by atoms with Gasteiger partial charge in [0, 0.05) is 36.3 Å². The lowest BCUT2D eigenvalue weighted by Gasteiger charge is -2.37. The molecule has 3 amide bonds. The molecule has 15 heteroatoms. The molecule has 224 valence electrons. The summed E-state index contributed by atoms with van der Waals surface area (Å²) in [6.45, 7) is 2.54. The lowest BCUT2D eigenvalue weighted by Crippen LogP contribution is -2.52. The van der Waals surface area contributed by atoms with Gasteiger partial charge in [-0.15, -0.1) is 5.10 Å². The van der Waals surface area contributed by atoms with Crippen LogP contribution in [-0.4, -0.2) is 104 Å². The second-order valence-electron chi connectivity index (χ2n) is 9.92. The number of amidine groups is 1. The number of piperazine rings is 1. The average molecular weight is 608 g/mol. The van der Waals surface area contributed by atoms with Crippen molar-refractivity contribution in [2.75, 3.05) is 33.2 Å². The number of hydrogen-bond donors (Lipinski definition) is 3. The van der Waals surface area contributed by atoms with E-state index in [9.17, 15) is 27.9 Å². The molecule has 0 aliphatic carbocycles. The Kier molecular flexibility index (Phi) is 9.49. The van der Waals surface area contributed by atoms with E-state index in [0.717, 1.165) is 6.54 Å². The number of hydrogen-bond acceptors (Lipinski definition) is 6. The number of para-hydroxylation sites is 1. The zero-order valence-electron chi connectivity index (χ0n) is 22.9. The number of urea groups is 1. The molecule has 4 rings (SSSR count). The Bertz CT molecular complexity index is 1460. The number of aliphatic hydroxyl groups is 1. The summed E-state index contributed by atoms with van der Waals surface area (Å²) in [6, 6.07) is 11.9. The number of carbonyl (C=O) groups is 2. The maximum atomic E-state index is 13.4. The van der Waals surface area contributed by atoms with E-state index in [4.69, 9.17) is 17.3 Å². The molecule has 0 spiro atoms. The molecule has 1 unspecified atom stereocenters. The molecule has 2 atom stereocenters. The van der Waals surface area contributed by atoms with Gasteiger partial charge < -0.3 is 20.6 Å². The van der Waals surface area contributed by atoms with Crippen LogP contribution in [0, 0.1) is 0 Å². The Morgan fingerprint density at radius 2 is 1.88 bits per heavy atom. The van der Waals surface area contributed by atoms with Crippen molar-refractivity contribution in [3.05, 3.63) is 76.8 Å². The Morgan fingerprint density at radius 3 is 2.55 bits per heavy atom. The largest absolute Gasteiger partial charge is 0.436 e. The number of benzene rings is 2. The summed E-state index contributed by atoms with van der Waals surface area (Å²) in [7, 11) is 2.01. The van der Waals surface area contributed by atoms with Crippen molar-refractivity contribution in [1.82, 2.24) is 29.9 Å². The van der Waals surface area contributed by atoms with Gasteiger partial charge in [-0.1, -0.05) is 23.7 Å². The summed E-state index contributed by atoms with van der Waals surface area (Å²) in [6.07, 6.45) is -6.45. The predicted octanol–water partition coefficient (Wildman–Crippen LogP) is 2.25. The van der Waals surface area contributed by atoms with Crippen LogP contribution in [0.1, 0.15) is 28.7 Å². The zero-order chi connectivity index (χ0) is 30.6. The predicted molar refractivity (Wildman–Crippen MR) is 149 cm³/mol. The number of carbonyl (C=O) groups excluding carboxylic acids is 2. The van der Waals surface area contributed by atoms with Gasteiger partial charge in [0.1, 0.15) is 19.4 Å². The highest BCUT2D eigenvalue weighted by atomic mass is 35.5. The van der Waals surface area contributed by atoms with Crippen molar-refractivity contribution in [3.8, 4) is 5.69 Å². The molecular formula is C27H31ClF3N8O3+. The summed E-state index contributed by atoms with van der Waals surface area (Å²) in [5.41, 5.74) is 7.17. The van der Waals surface area contributed by atoms with Crippen molar-refractivity contribution in [2.45, 2.75) is 31.8 Å². The van der Waals surface area contributed by atoms with E-state index >= 15 is 0 Å². The maximum Gasteiger partial charge on any atom is 0.436 e. The van der Waals surface area contributed by atoms with E-state index in [0.29, 0.717) is 33.9 Å². The number of amides is 3. The molecule has 2 heterocycles. The number of alkyl halides is 3. The fourth-order valence-corrected chi connectivity index (χ4v) is 4.47. The van der Waals surface area contributed by atoms with Gasteiger partial charge >= 0.3 is 12.2 Å². The van der Waals surface area contributed by atoms with Crippen LogP contribution in [-0.2, 0) is 6.54 Å². The minimum Gasteiger partial charge on any atom is -0.381 e. The van der Waals surface area contributed by atoms with Crippen molar-refractivity contribution in [1.29, 1.82) is 0 Å². The SMILES string of the molecule is CC1CN(C(=O)c2ccccc2-n2cnc(CNC(=O)/[N+](C[C@H](O)C(F)(F)F)=C(\N)c3ccc(Cl)cc3)n2)CCN1C. The van der Waals surface area contributed by atoms with E-state index < -0.39 is 24.9 Å². The smallest absolute Gasteiger partial charge is 0.381 e. The molecule has 1 aliphatic rings. The second kappa shape index (κ2) is 12.9.